The SMILES string of the molecule is Cc1ccc2nc(C(C)Oc3ccc(Cl)c(C)c3)[nH]c2c1. The topological polar surface area (TPSA) is 37.9 Å². The van der Waals surface area contributed by atoms with Gasteiger partial charge in [-0.3, -0.25) is 0 Å². The van der Waals surface area contributed by atoms with Gasteiger partial charge in [-0.15, -0.1) is 0 Å². The van der Waals surface area contributed by atoms with Crippen molar-refractivity contribution in [2.75, 3.05) is 0 Å². The molecule has 0 aliphatic carbocycles. The molecule has 0 spiro atoms. The average molecular weight is 301 g/mol. The number of aromatic nitrogens is 2. The fourth-order valence-corrected chi connectivity index (χ4v) is 2.40. The highest BCUT2D eigenvalue weighted by Gasteiger charge is 2.13. The van der Waals surface area contributed by atoms with E-state index < -0.39 is 0 Å². The van der Waals surface area contributed by atoms with Crippen LogP contribution in [0.4, 0.5) is 0 Å². The van der Waals surface area contributed by atoms with Gasteiger partial charge in [0, 0.05) is 5.02 Å². The van der Waals surface area contributed by atoms with E-state index >= 15 is 0 Å². The average Bonchev–Trinajstić information content (AvgIpc) is 2.86. The molecular weight excluding hydrogens is 284 g/mol. The molecule has 3 aromatic rings. The Labute approximate surface area is 128 Å². The molecule has 108 valence electrons. The molecule has 2 aromatic carbocycles. The number of nitrogens with zero attached hydrogens (tertiary/aromatic N) is 1. The second-order valence-electron chi connectivity index (χ2n) is 5.31. The third-order valence-corrected chi connectivity index (χ3v) is 3.91. The van der Waals surface area contributed by atoms with E-state index in [1.165, 1.54) is 5.56 Å². The molecule has 4 heteroatoms. The van der Waals surface area contributed by atoms with Crippen molar-refractivity contribution in [2.24, 2.45) is 0 Å². The molecule has 0 saturated heterocycles. The highest BCUT2D eigenvalue weighted by Crippen LogP contribution is 2.26. The van der Waals surface area contributed by atoms with Gasteiger partial charge in [0.05, 0.1) is 11.0 Å². The molecule has 3 rings (SSSR count). The molecular formula is C17H17ClN2O. The van der Waals surface area contributed by atoms with Crippen LogP contribution < -0.4 is 4.74 Å². The zero-order chi connectivity index (χ0) is 15.0. The van der Waals surface area contributed by atoms with Crippen LogP contribution in [0.3, 0.4) is 0 Å². The maximum atomic E-state index is 6.03. The number of hydrogen-bond acceptors (Lipinski definition) is 2. The van der Waals surface area contributed by atoms with Crippen molar-refractivity contribution in [3.8, 4) is 5.75 Å². The van der Waals surface area contributed by atoms with E-state index in [0.717, 1.165) is 33.2 Å². The van der Waals surface area contributed by atoms with Gasteiger partial charge in [-0.2, -0.15) is 0 Å². The summed E-state index contributed by atoms with van der Waals surface area (Å²) in [6, 6.07) is 11.8. The van der Waals surface area contributed by atoms with Crippen LogP contribution >= 0.6 is 11.6 Å². The van der Waals surface area contributed by atoms with Gasteiger partial charge in [0.25, 0.3) is 0 Å². The molecule has 1 aromatic heterocycles. The number of ether oxygens (including phenoxy) is 1. The summed E-state index contributed by atoms with van der Waals surface area (Å²) in [6.07, 6.45) is -0.154. The summed E-state index contributed by atoms with van der Waals surface area (Å²) < 4.78 is 5.94. The van der Waals surface area contributed by atoms with E-state index in [1.807, 2.05) is 38.1 Å². The van der Waals surface area contributed by atoms with Crippen LogP contribution in [-0.4, -0.2) is 9.97 Å². The lowest BCUT2D eigenvalue weighted by molar-refractivity contribution is 0.218. The monoisotopic (exact) mass is 300 g/mol. The number of imidazole rings is 1. The Hall–Kier alpha value is -2.00. The minimum Gasteiger partial charge on any atom is -0.483 e. The third-order valence-electron chi connectivity index (χ3n) is 3.48. The smallest absolute Gasteiger partial charge is 0.153 e. The van der Waals surface area contributed by atoms with Crippen LogP contribution in [0.2, 0.25) is 5.02 Å². The zero-order valence-electron chi connectivity index (χ0n) is 12.3. The minimum atomic E-state index is -0.154. The van der Waals surface area contributed by atoms with Crippen LogP contribution in [-0.2, 0) is 0 Å². The number of hydrogen-bond donors (Lipinski definition) is 1. The Bertz CT molecular complexity index is 795. The van der Waals surface area contributed by atoms with Gasteiger partial charge in [-0.1, -0.05) is 17.7 Å². The minimum absolute atomic E-state index is 0.154. The Morgan fingerprint density at radius 2 is 1.95 bits per heavy atom. The summed E-state index contributed by atoms with van der Waals surface area (Å²) in [4.78, 5) is 7.90. The molecule has 0 bridgehead atoms. The molecule has 1 atom stereocenters. The maximum absolute atomic E-state index is 6.03. The highest BCUT2D eigenvalue weighted by atomic mass is 35.5. The van der Waals surface area contributed by atoms with Gasteiger partial charge < -0.3 is 9.72 Å². The number of benzene rings is 2. The summed E-state index contributed by atoms with van der Waals surface area (Å²) in [6.45, 7) is 6.01. The second kappa shape index (κ2) is 5.41. The predicted octanol–water partition coefficient (Wildman–Crippen LogP) is 4.97. The Morgan fingerprint density at radius 3 is 2.71 bits per heavy atom. The largest absolute Gasteiger partial charge is 0.483 e. The summed E-state index contributed by atoms with van der Waals surface area (Å²) in [5, 5.41) is 0.745. The van der Waals surface area contributed by atoms with Crippen LogP contribution in [0.5, 0.6) is 5.75 Å². The Morgan fingerprint density at radius 1 is 1.14 bits per heavy atom. The van der Waals surface area contributed by atoms with E-state index in [2.05, 4.69) is 29.0 Å². The third kappa shape index (κ3) is 2.88. The number of halogens is 1. The van der Waals surface area contributed by atoms with Crippen molar-refractivity contribution in [3.05, 3.63) is 58.4 Å². The predicted molar refractivity (Wildman–Crippen MR) is 86.1 cm³/mol. The van der Waals surface area contributed by atoms with E-state index in [1.54, 1.807) is 0 Å². The molecule has 0 aliphatic heterocycles. The number of fused-ring (bicyclic) bond motifs is 1. The van der Waals surface area contributed by atoms with Gasteiger partial charge in [-0.05, 0) is 62.2 Å². The zero-order valence-corrected chi connectivity index (χ0v) is 13.0. The van der Waals surface area contributed by atoms with E-state index in [0.29, 0.717) is 0 Å². The first kappa shape index (κ1) is 14.0. The first-order chi connectivity index (χ1) is 10.0. The van der Waals surface area contributed by atoms with Crippen molar-refractivity contribution in [2.45, 2.75) is 26.9 Å². The van der Waals surface area contributed by atoms with Crippen molar-refractivity contribution >= 4 is 22.6 Å². The fourth-order valence-electron chi connectivity index (χ4n) is 2.29. The molecule has 21 heavy (non-hydrogen) atoms. The van der Waals surface area contributed by atoms with E-state index in [4.69, 9.17) is 16.3 Å². The maximum Gasteiger partial charge on any atom is 0.153 e. The molecule has 0 amide bonds. The number of H-pyrrole nitrogens is 1. The molecule has 1 unspecified atom stereocenters. The quantitative estimate of drug-likeness (QED) is 0.741. The number of aromatic amines is 1. The second-order valence-corrected chi connectivity index (χ2v) is 5.72. The summed E-state index contributed by atoms with van der Waals surface area (Å²) in [7, 11) is 0. The summed E-state index contributed by atoms with van der Waals surface area (Å²) >= 11 is 6.03. The Kier molecular flexibility index (Phi) is 3.60. The molecule has 1 N–H and O–H groups in total. The van der Waals surface area contributed by atoms with Gasteiger partial charge in [0.1, 0.15) is 11.6 Å². The van der Waals surface area contributed by atoms with Crippen LogP contribution in [0.15, 0.2) is 36.4 Å². The van der Waals surface area contributed by atoms with Gasteiger partial charge >= 0.3 is 0 Å². The van der Waals surface area contributed by atoms with E-state index in [9.17, 15) is 0 Å². The molecule has 3 nitrogen and oxygen atoms in total. The van der Waals surface area contributed by atoms with Gasteiger partial charge in [-0.25, -0.2) is 4.98 Å². The standard InChI is InChI=1S/C17H17ClN2O/c1-10-4-7-15-16(8-10)20-17(19-15)12(3)21-13-5-6-14(18)11(2)9-13/h4-9,12H,1-3H3,(H,19,20). The lowest BCUT2D eigenvalue weighted by Crippen LogP contribution is -2.05. The first-order valence-corrected chi connectivity index (χ1v) is 7.30. The van der Waals surface area contributed by atoms with Crippen molar-refractivity contribution in [1.82, 2.24) is 9.97 Å². The van der Waals surface area contributed by atoms with Gasteiger partial charge in [0.15, 0.2) is 6.10 Å². The number of nitrogens with one attached hydrogen (secondary N) is 1. The number of rotatable bonds is 3. The fraction of sp³-hybridized carbons (Fsp3) is 0.235. The van der Waals surface area contributed by atoms with Crippen LogP contribution in [0, 0.1) is 13.8 Å². The summed E-state index contributed by atoms with van der Waals surface area (Å²) in [5.74, 6) is 1.62. The highest BCUT2D eigenvalue weighted by molar-refractivity contribution is 6.31. The van der Waals surface area contributed by atoms with Crippen molar-refractivity contribution in [3.63, 3.8) is 0 Å². The Balaban J connectivity index is 1.85. The van der Waals surface area contributed by atoms with Crippen LogP contribution in [0.25, 0.3) is 11.0 Å². The van der Waals surface area contributed by atoms with Crippen molar-refractivity contribution < 1.29 is 4.74 Å². The van der Waals surface area contributed by atoms with Crippen molar-refractivity contribution in [1.29, 1.82) is 0 Å². The molecule has 0 fully saturated rings. The molecule has 0 radical (unpaired) electrons. The number of aryl methyl sites for hydroxylation is 2. The lowest BCUT2D eigenvalue weighted by Gasteiger charge is -2.13. The lowest BCUT2D eigenvalue weighted by atomic mass is 10.2. The summed E-state index contributed by atoms with van der Waals surface area (Å²) in [5.41, 5.74) is 4.20. The molecule has 0 saturated carbocycles. The normalized spacial score (nSPS) is 12.6. The molecule has 1 heterocycles. The van der Waals surface area contributed by atoms with Gasteiger partial charge in [0.2, 0.25) is 0 Å². The van der Waals surface area contributed by atoms with E-state index in [-0.39, 0.29) is 6.10 Å². The first-order valence-electron chi connectivity index (χ1n) is 6.92. The molecule has 0 aliphatic rings. The van der Waals surface area contributed by atoms with Crippen LogP contribution in [0.1, 0.15) is 30.0 Å².